The van der Waals surface area contributed by atoms with Gasteiger partial charge in [-0.25, -0.2) is 4.79 Å². The summed E-state index contributed by atoms with van der Waals surface area (Å²) in [4.78, 5) is 10.4. The minimum absolute atomic E-state index is 0.703. The third-order valence-corrected chi connectivity index (χ3v) is 2.31. The molecule has 5 nitrogen and oxygen atoms in total. The minimum atomic E-state index is -0.967. The lowest BCUT2D eigenvalue weighted by Crippen LogP contribution is -2.14. The van der Waals surface area contributed by atoms with Gasteiger partial charge in [0.05, 0.1) is 5.69 Å². The Morgan fingerprint density at radius 2 is 2.11 bits per heavy atom. The molecule has 0 aromatic heterocycles. The van der Waals surface area contributed by atoms with Crippen LogP contribution < -0.4 is 0 Å². The fraction of sp³-hybridized carbons (Fsp3) is 0.308. The Morgan fingerprint density at radius 1 is 1.39 bits per heavy atom. The van der Waals surface area contributed by atoms with Crippen molar-refractivity contribution in [2.24, 2.45) is 10.3 Å². The number of nitrogens with zero attached hydrogens (tertiary/aromatic N) is 3. The molecule has 1 N–H and O–H groups in total. The number of hydrogen-bond acceptors (Lipinski definition) is 3. The third kappa shape index (κ3) is 4.78. The Labute approximate surface area is 106 Å². The largest absolute Gasteiger partial charge is 0.478 e. The molecule has 0 aliphatic rings. The van der Waals surface area contributed by atoms with Crippen LogP contribution in [0.15, 0.2) is 40.7 Å². The summed E-state index contributed by atoms with van der Waals surface area (Å²) < 4.78 is 0. The first kappa shape index (κ1) is 13.9. The molecular weight excluding hydrogens is 230 g/mol. The first-order valence-electron chi connectivity index (χ1n) is 5.83. The van der Waals surface area contributed by atoms with Gasteiger partial charge in [0, 0.05) is 19.2 Å². The van der Waals surface area contributed by atoms with E-state index in [-0.39, 0.29) is 0 Å². The highest BCUT2D eigenvalue weighted by Crippen LogP contribution is 2.16. The molecule has 0 fully saturated rings. The van der Waals surface area contributed by atoms with E-state index < -0.39 is 5.97 Å². The Kier molecular flexibility index (Phi) is 5.57. The van der Waals surface area contributed by atoms with Crippen molar-refractivity contribution < 1.29 is 9.90 Å². The standard InChI is InChI=1S/C13H17N3O2/c1-3-16(4-2)15-14-12-7-5-6-11(10-12)8-9-13(17)18/h5-10H,3-4H2,1-2H3,(H,17,18)/b9-8+,15-14?. The molecule has 1 aromatic carbocycles. The maximum Gasteiger partial charge on any atom is 0.328 e. The summed E-state index contributed by atoms with van der Waals surface area (Å²) >= 11 is 0. The van der Waals surface area contributed by atoms with Crippen molar-refractivity contribution in [3.05, 3.63) is 35.9 Å². The molecule has 0 saturated carbocycles. The number of aliphatic carboxylic acids is 1. The van der Waals surface area contributed by atoms with Crippen LogP contribution in [-0.4, -0.2) is 29.2 Å². The van der Waals surface area contributed by atoms with Crippen LogP contribution in [0.4, 0.5) is 5.69 Å². The summed E-state index contributed by atoms with van der Waals surface area (Å²) in [5.74, 6) is -0.967. The van der Waals surface area contributed by atoms with Crippen LogP contribution in [0.2, 0.25) is 0 Å². The van der Waals surface area contributed by atoms with Crippen molar-refractivity contribution in [2.45, 2.75) is 13.8 Å². The zero-order valence-electron chi connectivity index (χ0n) is 10.6. The number of carbonyl (C=O) groups is 1. The molecule has 96 valence electrons. The first-order valence-corrected chi connectivity index (χ1v) is 5.83. The van der Waals surface area contributed by atoms with Crippen LogP contribution in [0.1, 0.15) is 19.4 Å². The van der Waals surface area contributed by atoms with E-state index in [0.29, 0.717) is 5.69 Å². The van der Waals surface area contributed by atoms with Crippen molar-refractivity contribution >= 4 is 17.7 Å². The van der Waals surface area contributed by atoms with Gasteiger partial charge in [-0.2, -0.15) is 0 Å². The van der Waals surface area contributed by atoms with Gasteiger partial charge in [0.15, 0.2) is 0 Å². The lowest BCUT2D eigenvalue weighted by atomic mass is 10.2. The number of hydrogen-bond donors (Lipinski definition) is 1. The maximum atomic E-state index is 10.4. The average Bonchev–Trinajstić information content (AvgIpc) is 2.38. The smallest absolute Gasteiger partial charge is 0.328 e. The van der Waals surface area contributed by atoms with E-state index in [1.165, 1.54) is 6.08 Å². The van der Waals surface area contributed by atoms with Crippen molar-refractivity contribution in [3.63, 3.8) is 0 Å². The molecule has 0 unspecified atom stereocenters. The zero-order chi connectivity index (χ0) is 13.4. The molecule has 1 rings (SSSR count). The van der Waals surface area contributed by atoms with E-state index in [1.54, 1.807) is 6.07 Å². The molecule has 1 aromatic rings. The Bertz CT molecular complexity index is 451. The van der Waals surface area contributed by atoms with E-state index in [4.69, 9.17) is 5.11 Å². The van der Waals surface area contributed by atoms with E-state index in [0.717, 1.165) is 24.7 Å². The number of carboxylic acids is 1. The molecule has 0 aliphatic carbocycles. The fourth-order valence-corrected chi connectivity index (χ4v) is 1.32. The molecule has 0 spiro atoms. The van der Waals surface area contributed by atoms with E-state index in [9.17, 15) is 4.79 Å². The van der Waals surface area contributed by atoms with Gasteiger partial charge in [-0.05, 0) is 37.6 Å². The predicted octanol–water partition coefficient (Wildman–Crippen LogP) is 3.12. The normalized spacial score (nSPS) is 11.2. The molecule has 18 heavy (non-hydrogen) atoms. The van der Waals surface area contributed by atoms with Gasteiger partial charge in [-0.1, -0.05) is 17.4 Å². The van der Waals surface area contributed by atoms with Crippen LogP contribution >= 0.6 is 0 Å². The predicted molar refractivity (Wildman–Crippen MR) is 70.5 cm³/mol. The highest BCUT2D eigenvalue weighted by atomic mass is 16.4. The molecule has 0 heterocycles. The van der Waals surface area contributed by atoms with Gasteiger partial charge in [0.2, 0.25) is 0 Å². The van der Waals surface area contributed by atoms with Gasteiger partial charge >= 0.3 is 5.97 Å². The van der Waals surface area contributed by atoms with Crippen molar-refractivity contribution in [3.8, 4) is 0 Å². The van der Waals surface area contributed by atoms with Gasteiger partial charge in [-0.3, -0.25) is 5.01 Å². The molecule has 0 aliphatic heterocycles. The van der Waals surface area contributed by atoms with Crippen molar-refractivity contribution in [2.75, 3.05) is 13.1 Å². The van der Waals surface area contributed by atoms with Crippen molar-refractivity contribution in [1.82, 2.24) is 5.01 Å². The first-order chi connectivity index (χ1) is 8.65. The second-order valence-electron chi connectivity index (χ2n) is 3.59. The van der Waals surface area contributed by atoms with Crippen LogP contribution in [0.25, 0.3) is 6.08 Å². The minimum Gasteiger partial charge on any atom is -0.478 e. The second kappa shape index (κ2) is 7.21. The highest BCUT2D eigenvalue weighted by Gasteiger charge is 1.95. The Morgan fingerprint density at radius 3 is 2.72 bits per heavy atom. The van der Waals surface area contributed by atoms with Gasteiger partial charge in [-0.15, -0.1) is 5.11 Å². The van der Waals surface area contributed by atoms with Gasteiger partial charge < -0.3 is 5.11 Å². The third-order valence-electron chi connectivity index (χ3n) is 2.31. The van der Waals surface area contributed by atoms with E-state index >= 15 is 0 Å². The zero-order valence-corrected chi connectivity index (χ0v) is 10.6. The average molecular weight is 247 g/mol. The monoisotopic (exact) mass is 247 g/mol. The Hall–Kier alpha value is -2.17. The molecule has 5 heteroatoms. The number of rotatable bonds is 6. The molecule has 0 radical (unpaired) electrons. The number of benzene rings is 1. The van der Waals surface area contributed by atoms with Crippen LogP contribution in [-0.2, 0) is 4.79 Å². The highest BCUT2D eigenvalue weighted by molar-refractivity contribution is 5.85. The lowest BCUT2D eigenvalue weighted by molar-refractivity contribution is -0.131. The van der Waals surface area contributed by atoms with Crippen LogP contribution in [0, 0.1) is 0 Å². The molecular formula is C13H17N3O2. The lowest BCUT2D eigenvalue weighted by Gasteiger charge is -2.11. The summed E-state index contributed by atoms with van der Waals surface area (Å²) in [5.41, 5.74) is 1.49. The quantitative estimate of drug-likeness (QED) is 0.477. The van der Waals surface area contributed by atoms with Crippen LogP contribution in [0.3, 0.4) is 0 Å². The summed E-state index contributed by atoms with van der Waals surface area (Å²) in [6.45, 7) is 5.63. The molecule has 0 saturated heterocycles. The maximum absolute atomic E-state index is 10.4. The summed E-state index contributed by atoms with van der Waals surface area (Å²) in [6, 6.07) is 7.24. The molecule has 0 atom stereocenters. The van der Waals surface area contributed by atoms with Gasteiger partial charge in [0.1, 0.15) is 0 Å². The number of carboxylic acid groups (broad SMARTS) is 1. The molecule has 0 amide bonds. The second-order valence-corrected chi connectivity index (χ2v) is 3.59. The van der Waals surface area contributed by atoms with Crippen molar-refractivity contribution in [1.29, 1.82) is 0 Å². The molecule has 0 bridgehead atoms. The Balaban J connectivity index is 2.79. The fourth-order valence-electron chi connectivity index (χ4n) is 1.32. The summed E-state index contributed by atoms with van der Waals surface area (Å²) in [7, 11) is 0. The topological polar surface area (TPSA) is 65.3 Å². The SMILES string of the molecule is CCN(CC)N=Nc1cccc(/C=C/C(=O)O)c1. The summed E-state index contributed by atoms with van der Waals surface area (Å²) in [5, 5.41) is 18.6. The summed E-state index contributed by atoms with van der Waals surface area (Å²) in [6.07, 6.45) is 2.62. The van der Waals surface area contributed by atoms with Crippen LogP contribution in [0.5, 0.6) is 0 Å². The van der Waals surface area contributed by atoms with Gasteiger partial charge in [0.25, 0.3) is 0 Å². The van der Waals surface area contributed by atoms with E-state index in [1.807, 2.05) is 37.1 Å². The van der Waals surface area contributed by atoms with E-state index in [2.05, 4.69) is 10.3 Å².